The molecule has 0 amide bonds. The van der Waals surface area contributed by atoms with Gasteiger partial charge in [-0.25, -0.2) is 0 Å². The van der Waals surface area contributed by atoms with Gasteiger partial charge in [-0.2, -0.15) is 20.3 Å². The van der Waals surface area contributed by atoms with E-state index in [1.165, 1.54) is 12.5 Å². The third-order valence-electron chi connectivity index (χ3n) is 1.66. The Morgan fingerprint density at radius 1 is 1.08 bits per heavy atom. The van der Waals surface area contributed by atoms with Gasteiger partial charge in [0.25, 0.3) is 0 Å². The molecule has 0 spiro atoms. The first-order valence-corrected chi connectivity index (χ1v) is 7.12. The molecule has 3 radical (unpaired) electrons. The van der Waals surface area contributed by atoms with Crippen LogP contribution in [0.15, 0.2) is 0 Å². The van der Waals surface area contributed by atoms with E-state index in [0.29, 0.717) is 5.41 Å². The van der Waals surface area contributed by atoms with Crippen LogP contribution in [0.25, 0.3) is 0 Å². The SMILES string of the molecule is C[C-](C)CC(C)(C)C[Si](C)C.[Y].[Y]. The van der Waals surface area contributed by atoms with Crippen molar-refractivity contribution in [1.29, 1.82) is 0 Å². The van der Waals surface area contributed by atoms with Gasteiger partial charge in [0.15, 0.2) is 0 Å². The maximum atomic E-state index is 2.40. The number of hydrogen-bond acceptors (Lipinski definition) is 0. The number of hydrogen-bond donors (Lipinski definition) is 0. The Morgan fingerprint density at radius 3 is 1.69 bits per heavy atom. The standard InChI is InChI=1S/C10H22Si.2Y/c1-9(2)7-10(3,4)8-11(5)6;;/h7-8H2,1-6H3;;/q-1;;. The van der Waals surface area contributed by atoms with Crippen molar-refractivity contribution in [1.82, 2.24) is 0 Å². The van der Waals surface area contributed by atoms with Crippen molar-refractivity contribution in [2.45, 2.75) is 53.3 Å². The van der Waals surface area contributed by atoms with Crippen molar-refractivity contribution in [3.05, 3.63) is 5.92 Å². The summed E-state index contributed by atoms with van der Waals surface area (Å²) >= 11 is 0. The van der Waals surface area contributed by atoms with Crippen LogP contribution in [0.1, 0.15) is 34.1 Å². The van der Waals surface area contributed by atoms with Gasteiger partial charge in [-0.05, 0) is 0 Å². The zero-order chi connectivity index (χ0) is 9.07. The van der Waals surface area contributed by atoms with Gasteiger partial charge in [0.1, 0.15) is 0 Å². The summed E-state index contributed by atoms with van der Waals surface area (Å²) in [4.78, 5) is 0. The summed E-state index contributed by atoms with van der Waals surface area (Å²) < 4.78 is 0. The van der Waals surface area contributed by atoms with Crippen molar-refractivity contribution in [2.75, 3.05) is 0 Å². The fourth-order valence-electron chi connectivity index (χ4n) is 1.98. The summed E-state index contributed by atoms with van der Waals surface area (Å²) in [5.74, 6) is 1.57. The Kier molecular flexibility index (Phi) is 15.4. The fourth-order valence-corrected chi connectivity index (χ4v) is 4.02. The Labute approximate surface area is 137 Å². The summed E-state index contributed by atoms with van der Waals surface area (Å²) in [5.41, 5.74) is 0.552. The van der Waals surface area contributed by atoms with Crippen LogP contribution in [0.4, 0.5) is 0 Å². The second-order valence-corrected chi connectivity index (χ2v) is 7.70. The molecule has 0 aromatic carbocycles. The van der Waals surface area contributed by atoms with Crippen LogP contribution in [0.5, 0.6) is 0 Å². The van der Waals surface area contributed by atoms with Crippen LogP contribution in [0, 0.1) is 11.3 Å². The van der Waals surface area contributed by atoms with E-state index in [1.807, 2.05) is 0 Å². The van der Waals surface area contributed by atoms with Crippen molar-refractivity contribution in [2.24, 2.45) is 5.41 Å². The van der Waals surface area contributed by atoms with Crippen LogP contribution in [0.2, 0.25) is 19.1 Å². The van der Waals surface area contributed by atoms with Gasteiger partial charge in [0, 0.05) is 74.2 Å². The second-order valence-electron chi connectivity index (χ2n) is 4.93. The minimum absolute atomic E-state index is 0. The zero-order valence-electron chi connectivity index (χ0n) is 10.1. The maximum absolute atomic E-state index is 2.40. The molecule has 0 aliphatic rings. The molecular weight excluding hydrogens is 326 g/mol. The zero-order valence-corrected chi connectivity index (χ0v) is 16.7. The molecule has 0 bridgehead atoms. The van der Waals surface area contributed by atoms with Gasteiger partial charge in [0.2, 0.25) is 0 Å². The minimum atomic E-state index is -0.0501. The summed E-state index contributed by atoms with van der Waals surface area (Å²) in [6.07, 6.45) is 1.29. The van der Waals surface area contributed by atoms with Crippen LogP contribution in [0.3, 0.4) is 0 Å². The molecule has 0 saturated carbocycles. The van der Waals surface area contributed by atoms with Crippen LogP contribution < -0.4 is 0 Å². The van der Waals surface area contributed by atoms with Crippen LogP contribution >= 0.6 is 0 Å². The van der Waals surface area contributed by atoms with Gasteiger partial charge in [-0.3, -0.25) is 0 Å². The summed E-state index contributed by atoms with van der Waals surface area (Å²) in [6, 6.07) is 1.43. The van der Waals surface area contributed by atoms with Crippen LogP contribution in [-0.2, 0) is 65.4 Å². The average Bonchev–Trinajstić information content (AvgIpc) is 1.53. The normalized spacial score (nSPS) is 11.1. The van der Waals surface area contributed by atoms with E-state index in [1.54, 1.807) is 5.92 Å². The molecule has 0 aromatic rings. The Morgan fingerprint density at radius 2 is 1.46 bits per heavy atom. The van der Waals surface area contributed by atoms with Gasteiger partial charge in [0.05, 0.1) is 0 Å². The molecule has 0 atom stereocenters. The molecule has 0 aromatic heterocycles. The smallest absolute Gasteiger partial charge is 0.0417 e. The first-order valence-electron chi connectivity index (χ1n) is 4.41. The Hall–Kier alpha value is 2.42. The summed E-state index contributed by atoms with van der Waals surface area (Å²) in [6.45, 7) is 14.0. The molecule has 0 fully saturated rings. The molecule has 0 aliphatic carbocycles. The van der Waals surface area contributed by atoms with Gasteiger partial charge in [-0.15, -0.1) is 0 Å². The first kappa shape index (κ1) is 20.8. The van der Waals surface area contributed by atoms with E-state index in [4.69, 9.17) is 0 Å². The molecule has 0 N–H and O–H groups in total. The predicted octanol–water partition coefficient (Wildman–Crippen LogP) is 3.77. The molecule has 0 unspecified atom stereocenters. The minimum Gasteiger partial charge on any atom is -0.319 e. The third-order valence-corrected chi connectivity index (χ3v) is 3.33. The van der Waals surface area contributed by atoms with E-state index in [2.05, 4.69) is 40.8 Å². The topological polar surface area (TPSA) is 0 Å². The largest absolute Gasteiger partial charge is 0.319 e. The molecule has 0 aliphatic heterocycles. The molecular formula is C10H22SiY2-. The van der Waals surface area contributed by atoms with E-state index in [0.717, 1.165) is 0 Å². The number of rotatable bonds is 4. The van der Waals surface area contributed by atoms with Gasteiger partial charge in [-0.1, -0.05) is 38.4 Å². The van der Waals surface area contributed by atoms with E-state index < -0.39 is 0 Å². The van der Waals surface area contributed by atoms with Crippen molar-refractivity contribution >= 4 is 8.80 Å². The van der Waals surface area contributed by atoms with Crippen molar-refractivity contribution < 1.29 is 65.4 Å². The van der Waals surface area contributed by atoms with E-state index >= 15 is 0 Å². The molecule has 0 saturated heterocycles. The summed E-state index contributed by atoms with van der Waals surface area (Å²) in [5, 5.41) is 0. The van der Waals surface area contributed by atoms with Crippen molar-refractivity contribution in [3.8, 4) is 0 Å². The molecule has 3 heteroatoms. The van der Waals surface area contributed by atoms with E-state index in [-0.39, 0.29) is 74.2 Å². The Bertz CT molecular complexity index is 99.5. The quantitative estimate of drug-likeness (QED) is 0.536. The third kappa shape index (κ3) is 14.4. The van der Waals surface area contributed by atoms with Gasteiger partial charge >= 0.3 is 0 Å². The molecule has 0 heterocycles. The average molecular weight is 348 g/mol. The van der Waals surface area contributed by atoms with Crippen LogP contribution in [-0.4, -0.2) is 8.80 Å². The molecule has 0 rings (SSSR count). The summed E-state index contributed by atoms with van der Waals surface area (Å²) in [7, 11) is -0.0501. The molecule has 13 heavy (non-hydrogen) atoms. The second kappa shape index (κ2) is 9.64. The predicted molar refractivity (Wildman–Crippen MR) is 55.3 cm³/mol. The first-order chi connectivity index (χ1) is 4.83. The van der Waals surface area contributed by atoms with Crippen molar-refractivity contribution in [3.63, 3.8) is 0 Å². The maximum Gasteiger partial charge on any atom is 0.0417 e. The molecule has 0 nitrogen and oxygen atoms in total. The monoisotopic (exact) mass is 348 g/mol. The fraction of sp³-hybridized carbons (Fsp3) is 0.900. The van der Waals surface area contributed by atoms with E-state index in [9.17, 15) is 0 Å². The van der Waals surface area contributed by atoms with Gasteiger partial charge < -0.3 is 5.92 Å². The Balaban J connectivity index is -0.000000500. The molecule has 73 valence electrons.